The average Bonchev–Trinajstić information content (AvgIpc) is 2.25. The minimum atomic E-state index is -0.00370. The van der Waals surface area contributed by atoms with Crippen LogP contribution in [0.25, 0.3) is 0 Å². The van der Waals surface area contributed by atoms with Crippen molar-refractivity contribution in [2.45, 2.75) is 13.3 Å². The number of nitrogens with zero attached hydrogens (tertiary/aromatic N) is 2. The second-order valence-electron chi connectivity index (χ2n) is 3.55. The van der Waals surface area contributed by atoms with E-state index in [4.69, 9.17) is 0 Å². The monoisotopic (exact) mass is 207 g/mol. The number of carbonyl (C=O) groups is 1. The molecule has 0 atom stereocenters. The Balaban J connectivity index is 2.90. The molecule has 82 valence electrons. The fraction of sp³-hybridized carbons (Fsp3) is 0.455. The molecule has 0 aliphatic heterocycles. The molecule has 1 rings (SSSR count). The number of hydrogen-bond donors (Lipinski definition) is 1. The first-order valence-corrected chi connectivity index (χ1v) is 5.06. The molecule has 15 heavy (non-hydrogen) atoms. The summed E-state index contributed by atoms with van der Waals surface area (Å²) >= 11 is 0. The summed E-state index contributed by atoms with van der Waals surface area (Å²) in [6.45, 7) is 2.93. The van der Waals surface area contributed by atoms with E-state index in [2.05, 4.69) is 17.2 Å². The maximum atomic E-state index is 11.8. The van der Waals surface area contributed by atoms with Crippen molar-refractivity contribution in [2.24, 2.45) is 0 Å². The van der Waals surface area contributed by atoms with Crippen molar-refractivity contribution < 1.29 is 4.79 Å². The third kappa shape index (κ3) is 2.94. The zero-order chi connectivity index (χ0) is 11.3. The zero-order valence-electron chi connectivity index (χ0n) is 9.45. The van der Waals surface area contributed by atoms with E-state index in [1.165, 1.54) is 0 Å². The maximum absolute atomic E-state index is 11.8. The van der Waals surface area contributed by atoms with Crippen molar-refractivity contribution in [3.63, 3.8) is 0 Å². The number of anilines is 1. The van der Waals surface area contributed by atoms with Crippen LogP contribution in [0.4, 0.5) is 5.69 Å². The molecule has 0 unspecified atom stereocenters. The van der Waals surface area contributed by atoms with Gasteiger partial charge in [0.05, 0.1) is 17.4 Å². The van der Waals surface area contributed by atoms with Gasteiger partial charge in [0.25, 0.3) is 5.91 Å². The van der Waals surface area contributed by atoms with E-state index in [0.29, 0.717) is 5.56 Å². The molecule has 0 spiro atoms. The molecule has 1 aromatic heterocycles. The van der Waals surface area contributed by atoms with Gasteiger partial charge in [-0.25, -0.2) is 0 Å². The van der Waals surface area contributed by atoms with Crippen molar-refractivity contribution in [1.82, 2.24) is 9.88 Å². The van der Waals surface area contributed by atoms with Gasteiger partial charge in [0.1, 0.15) is 0 Å². The molecule has 0 radical (unpaired) electrons. The van der Waals surface area contributed by atoms with Gasteiger partial charge in [0.15, 0.2) is 0 Å². The summed E-state index contributed by atoms with van der Waals surface area (Å²) in [5.74, 6) is -0.00370. The summed E-state index contributed by atoms with van der Waals surface area (Å²) in [4.78, 5) is 17.4. The number of carbonyl (C=O) groups excluding carboxylic acids is 1. The number of rotatable bonds is 4. The minimum Gasteiger partial charge on any atom is -0.383 e. The molecule has 0 saturated carbocycles. The predicted octanol–water partition coefficient (Wildman–Crippen LogP) is 1.61. The highest BCUT2D eigenvalue weighted by molar-refractivity contribution is 5.99. The van der Waals surface area contributed by atoms with Crippen molar-refractivity contribution in [3.8, 4) is 0 Å². The minimum absolute atomic E-state index is 0.00370. The largest absolute Gasteiger partial charge is 0.383 e. The van der Waals surface area contributed by atoms with Crippen LogP contribution in [0.3, 0.4) is 0 Å². The van der Waals surface area contributed by atoms with Crippen LogP contribution in [0, 0.1) is 0 Å². The fourth-order valence-corrected chi connectivity index (χ4v) is 1.22. The molecular formula is C11H17N3O. The quantitative estimate of drug-likeness (QED) is 0.815. The smallest absolute Gasteiger partial charge is 0.255 e. The molecule has 0 fully saturated rings. The normalized spacial score (nSPS) is 9.80. The lowest BCUT2D eigenvalue weighted by atomic mass is 10.2. The molecule has 1 amide bonds. The molecule has 0 aliphatic carbocycles. The van der Waals surface area contributed by atoms with Gasteiger partial charge in [-0.05, 0) is 12.5 Å². The Morgan fingerprint density at radius 2 is 2.27 bits per heavy atom. The molecular weight excluding hydrogens is 190 g/mol. The Morgan fingerprint density at radius 3 is 2.87 bits per heavy atom. The summed E-state index contributed by atoms with van der Waals surface area (Å²) in [6.07, 6.45) is 4.34. The van der Waals surface area contributed by atoms with E-state index in [1.807, 2.05) is 0 Å². The van der Waals surface area contributed by atoms with Gasteiger partial charge in [-0.3, -0.25) is 9.78 Å². The van der Waals surface area contributed by atoms with E-state index in [9.17, 15) is 4.79 Å². The van der Waals surface area contributed by atoms with Gasteiger partial charge < -0.3 is 10.2 Å². The topological polar surface area (TPSA) is 45.2 Å². The lowest BCUT2D eigenvalue weighted by Crippen LogP contribution is -2.23. The van der Waals surface area contributed by atoms with Gasteiger partial charge in [-0.15, -0.1) is 0 Å². The van der Waals surface area contributed by atoms with E-state index in [1.54, 1.807) is 37.5 Å². The van der Waals surface area contributed by atoms with E-state index in [-0.39, 0.29) is 5.91 Å². The molecule has 0 saturated heterocycles. The Bertz CT molecular complexity index is 336. The van der Waals surface area contributed by atoms with Crippen LogP contribution in [0.1, 0.15) is 23.7 Å². The highest BCUT2D eigenvalue weighted by Crippen LogP contribution is 2.14. The first-order chi connectivity index (χ1) is 7.16. The average molecular weight is 207 g/mol. The van der Waals surface area contributed by atoms with Gasteiger partial charge in [-0.1, -0.05) is 6.92 Å². The van der Waals surface area contributed by atoms with Crippen LogP contribution in [0.15, 0.2) is 18.5 Å². The number of hydrogen-bond acceptors (Lipinski definition) is 3. The van der Waals surface area contributed by atoms with Crippen LogP contribution in [0.2, 0.25) is 0 Å². The second-order valence-corrected chi connectivity index (χ2v) is 3.55. The Labute approximate surface area is 90.3 Å². The standard InChI is InChI=1S/C11H17N3O/c1-4-6-13-10-8-12-7-5-9(10)11(15)14(2)3/h5,7-8,13H,4,6H2,1-3H3. The van der Waals surface area contributed by atoms with Crippen LogP contribution in [0.5, 0.6) is 0 Å². The van der Waals surface area contributed by atoms with Crippen molar-refractivity contribution in [3.05, 3.63) is 24.0 Å². The molecule has 4 heteroatoms. The van der Waals surface area contributed by atoms with E-state index >= 15 is 0 Å². The van der Waals surface area contributed by atoms with Gasteiger partial charge in [0, 0.05) is 26.8 Å². The fourth-order valence-electron chi connectivity index (χ4n) is 1.22. The lowest BCUT2D eigenvalue weighted by Gasteiger charge is -2.14. The third-order valence-electron chi connectivity index (χ3n) is 2.02. The number of aromatic nitrogens is 1. The highest BCUT2D eigenvalue weighted by atomic mass is 16.2. The van der Waals surface area contributed by atoms with Gasteiger partial charge in [-0.2, -0.15) is 0 Å². The summed E-state index contributed by atoms with van der Waals surface area (Å²) in [6, 6.07) is 1.74. The predicted molar refractivity (Wildman–Crippen MR) is 61.0 cm³/mol. The summed E-state index contributed by atoms with van der Waals surface area (Å²) in [5, 5.41) is 3.19. The maximum Gasteiger partial charge on any atom is 0.255 e. The Kier molecular flexibility index (Phi) is 4.09. The molecule has 1 N–H and O–H groups in total. The van der Waals surface area contributed by atoms with Crippen LogP contribution < -0.4 is 5.32 Å². The molecule has 0 bridgehead atoms. The molecule has 0 aliphatic rings. The Hall–Kier alpha value is -1.58. The van der Waals surface area contributed by atoms with Crippen molar-refractivity contribution in [1.29, 1.82) is 0 Å². The van der Waals surface area contributed by atoms with Crippen molar-refractivity contribution >= 4 is 11.6 Å². The van der Waals surface area contributed by atoms with Crippen LogP contribution in [-0.2, 0) is 0 Å². The first kappa shape index (κ1) is 11.5. The zero-order valence-corrected chi connectivity index (χ0v) is 9.45. The highest BCUT2D eigenvalue weighted by Gasteiger charge is 2.12. The second kappa shape index (κ2) is 5.34. The summed E-state index contributed by atoms with van der Waals surface area (Å²) in [5.41, 5.74) is 1.47. The summed E-state index contributed by atoms with van der Waals surface area (Å²) < 4.78 is 0. The molecule has 1 aromatic rings. The van der Waals surface area contributed by atoms with Gasteiger partial charge >= 0.3 is 0 Å². The number of pyridine rings is 1. The third-order valence-corrected chi connectivity index (χ3v) is 2.02. The van der Waals surface area contributed by atoms with Crippen LogP contribution >= 0.6 is 0 Å². The number of amides is 1. The van der Waals surface area contributed by atoms with Crippen LogP contribution in [-0.4, -0.2) is 36.4 Å². The first-order valence-electron chi connectivity index (χ1n) is 5.06. The lowest BCUT2D eigenvalue weighted by molar-refractivity contribution is 0.0828. The van der Waals surface area contributed by atoms with E-state index < -0.39 is 0 Å². The molecule has 4 nitrogen and oxygen atoms in total. The summed E-state index contributed by atoms with van der Waals surface area (Å²) in [7, 11) is 3.48. The van der Waals surface area contributed by atoms with Gasteiger partial charge in [0.2, 0.25) is 0 Å². The molecule has 1 heterocycles. The molecule has 0 aromatic carbocycles. The SMILES string of the molecule is CCCNc1cnccc1C(=O)N(C)C. The number of nitrogens with one attached hydrogen (secondary N) is 1. The van der Waals surface area contributed by atoms with E-state index in [0.717, 1.165) is 18.7 Å². The van der Waals surface area contributed by atoms with Crippen molar-refractivity contribution in [2.75, 3.05) is 26.0 Å². The Morgan fingerprint density at radius 1 is 1.53 bits per heavy atom.